The fourth-order valence-corrected chi connectivity index (χ4v) is 2.86. The van der Waals surface area contributed by atoms with Gasteiger partial charge < -0.3 is 10.5 Å². The van der Waals surface area contributed by atoms with E-state index in [2.05, 4.69) is 39.4 Å². The van der Waals surface area contributed by atoms with Crippen molar-refractivity contribution in [1.29, 1.82) is 0 Å². The molecule has 0 saturated carbocycles. The van der Waals surface area contributed by atoms with E-state index in [9.17, 15) is 4.79 Å². The van der Waals surface area contributed by atoms with Gasteiger partial charge in [-0.3, -0.25) is 4.79 Å². The molecule has 0 unspecified atom stereocenters. The second kappa shape index (κ2) is 7.14. The Hall–Kier alpha value is 0.130. The van der Waals surface area contributed by atoms with Gasteiger partial charge in [0.15, 0.2) is 0 Å². The van der Waals surface area contributed by atoms with Crippen molar-refractivity contribution in [1.82, 2.24) is 0 Å². The van der Waals surface area contributed by atoms with Crippen molar-refractivity contribution in [3.8, 4) is 0 Å². The maximum atomic E-state index is 12.5. The van der Waals surface area contributed by atoms with E-state index in [1.807, 2.05) is 27.7 Å². The predicted octanol–water partition coefficient (Wildman–Crippen LogP) is 4.31. The molecule has 0 aliphatic rings. The molecule has 2 N–H and O–H groups in total. The quantitative estimate of drug-likeness (QED) is 0.394. The molecule has 0 fully saturated rings. The lowest BCUT2D eigenvalue weighted by atomic mass is 9.68. The Kier molecular flexibility index (Phi) is 7.18. The molecule has 21 heavy (non-hydrogen) atoms. The smallest absolute Gasteiger partial charge is 0.312 e. The third-order valence-corrected chi connectivity index (χ3v) is 6.58. The van der Waals surface area contributed by atoms with E-state index in [1.165, 1.54) is 10.8 Å². The van der Waals surface area contributed by atoms with Crippen molar-refractivity contribution in [3.63, 3.8) is 0 Å². The molecule has 0 aliphatic heterocycles. The molecule has 5 heteroatoms. The molecule has 0 rings (SSSR count). The number of carbonyl (C=O) groups is 1. The van der Waals surface area contributed by atoms with E-state index in [0.29, 0.717) is 13.2 Å². The first kappa shape index (κ1) is 21.1. The zero-order valence-corrected chi connectivity index (χ0v) is 16.6. The third-order valence-electron chi connectivity index (χ3n) is 4.46. The van der Waals surface area contributed by atoms with Crippen LogP contribution in [0.3, 0.4) is 0 Å². The molecular formula is C16H33NO2S2. The van der Waals surface area contributed by atoms with Crippen LogP contribution in [0, 0.1) is 16.2 Å². The normalized spacial score (nSPS) is 14.2. The summed E-state index contributed by atoms with van der Waals surface area (Å²) >= 11 is 4.31. The number of carbonyl (C=O) groups excluding carboxylic acids is 1. The SMILES string of the molecule is CC(C)(COC(=O)C(C)(C)C(C)(C)CN)CC(C)(C)SS. The molecule has 0 aliphatic carbocycles. The first-order valence-corrected chi connectivity index (χ1v) is 9.27. The van der Waals surface area contributed by atoms with Crippen LogP contribution < -0.4 is 5.73 Å². The molecule has 0 bridgehead atoms. The largest absolute Gasteiger partial charge is 0.465 e. The van der Waals surface area contributed by atoms with Crippen LogP contribution in [0.4, 0.5) is 0 Å². The maximum Gasteiger partial charge on any atom is 0.312 e. The molecular weight excluding hydrogens is 302 g/mol. The predicted molar refractivity (Wildman–Crippen MR) is 96.6 cm³/mol. The minimum atomic E-state index is -0.606. The molecule has 0 aromatic rings. The Labute approximate surface area is 140 Å². The Morgan fingerprint density at radius 2 is 1.57 bits per heavy atom. The molecule has 0 heterocycles. The fraction of sp³-hybridized carbons (Fsp3) is 0.938. The van der Waals surface area contributed by atoms with Gasteiger partial charge >= 0.3 is 5.97 Å². The number of esters is 1. The van der Waals surface area contributed by atoms with Gasteiger partial charge in [-0.2, -0.15) is 0 Å². The van der Waals surface area contributed by atoms with Crippen LogP contribution in [0.25, 0.3) is 0 Å². The second-order valence-corrected chi connectivity index (χ2v) is 10.3. The van der Waals surface area contributed by atoms with Crippen molar-refractivity contribution >= 4 is 28.4 Å². The summed E-state index contributed by atoms with van der Waals surface area (Å²) in [5.74, 6) is -0.178. The topological polar surface area (TPSA) is 52.3 Å². The third kappa shape index (κ3) is 6.03. The number of hydrogen-bond donors (Lipinski definition) is 2. The van der Waals surface area contributed by atoms with Crippen LogP contribution in [-0.2, 0) is 9.53 Å². The molecule has 0 saturated heterocycles. The summed E-state index contributed by atoms with van der Waals surface area (Å²) in [6.07, 6.45) is 0.919. The van der Waals surface area contributed by atoms with Gasteiger partial charge in [-0.05, 0) is 46.1 Å². The van der Waals surface area contributed by atoms with Crippen molar-refractivity contribution in [2.45, 2.75) is 66.6 Å². The van der Waals surface area contributed by atoms with Gasteiger partial charge in [-0.25, -0.2) is 0 Å². The van der Waals surface area contributed by atoms with E-state index in [0.717, 1.165) is 6.42 Å². The van der Waals surface area contributed by atoms with Crippen LogP contribution >= 0.6 is 22.5 Å². The van der Waals surface area contributed by atoms with Gasteiger partial charge in [0.05, 0.1) is 12.0 Å². The highest BCUT2D eigenvalue weighted by molar-refractivity contribution is 8.69. The molecule has 126 valence electrons. The zero-order valence-electron chi connectivity index (χ0n) is 14.9. The molecule has 0 radical (unpaired) electrons. The molecule has 0 amide bonds. The summed E-state index contributed by atoms with van der Waals surface area (Å²) in [7, 11) is 1.54. The fourth-order valence-electron chi connectivity index (χ4n) is 2.21. The van der Waals surface area contributed by atoms with Gasteiger partial charge in [0.1, 0.15) is 0 Å². The second-order valence-electron chi connectivity index (χ2n) is 8.48. The standard InChI is InChI=1S/C16H33NO2S2/c1-13(2,9-15(5,6)21-20)11-19-12(18)16(7,8)14(3,4)10-17/h20H,9-11,17H2,1-8H3. The van der Waals surface area contributed by atoms with Crippen LogP contribution in [-0.4, -0.2) is 23.9 Å². The summed E-state index contributed by atoms with van der Waals surface area (Å²) in [6, 6.07) is 0. The Morgan fingerprint density at radius 3 is 1.95 bits per heavy atom. The average Bonchev–Trinajstić information content (AvgIpc) is 2.34. The Balaban J connectivity index is 4.76. The monoisotopic (exact) mass is 335 g/mol. The van der Waals surface area contributed by atoms with E-state index < -0.39 is 5.41 Å². The zero-order chi connectivity index (χ0) is 17.1. The molecule has 0 atom stereocenters. The summed E-state index contributed by atoms with van der Waals surface area (Å²) < 4.78 is 5.67. The lowest BCUT2D eigenvalue weighted by Crippen LogP contribution is -2.46. The Bertz CT molecular complexity index is 363. The van der Waals surface area contributed by atoms with Gasteiger partial charge in [0.2, 0.25) is 0 Å². The van der Waals surface area contributed by atoms with Crippen molar-refractivity contribution < 1.29 is 9.53 Å². The van der Waals surface area contributed by atoms with Crippen LogP contribution in [0.1, 0.15) is 61.8 Å². The molecule has 3 nitrogen and oxygen atoms in total. The molecule has 0 spiro atoms. The summed E-state index contributed by atoms with van der Waals surface area (Å²) in [5, 5.41) is 0. The van der Waals surface area contributed by atoms with Crippen molar-refractivity contribution in [2.24, 2.45) is 22.0 Å². The van der Waals surface area contributed by atoms with Gasteiger partial charge in [-0.1, -0.05) is 38.5 Å². The highest BCUT2D eigenvalue weighted by Crippen LogP contribution is 2.41. The highest BCUT2D eigenvalue weighted by atomic mass is 33.1. The van der Waals surface area contributed by atoms with Gasteiger partial charge in [-0.15, -0.1) is 11.7 Å². The first-order valence-electron chi connectivity index (χ1n) is 7.41. The number of nitrogens with two attached hydrogens (primary N) is 1. The van der Waals surface area contributed by atoms with E-state index in [-0.39, 0.29) is 21.5 Å². The van der Waals surface area contributed by atoms with Crippen LogP contribution in [0.15, 0.2) is 0 Å². The summed E-state index contributed by atoms with van der Waals surface area (Å²) in [5.41, 5.74) is 4.81. The first-order chi connectivity index (χ1) is 9.21. The minimum Gasteiger partial charge on any atom is -0.465 e. The Morgan fingerprint density at radius 1 is 1.10 bits per heavy atom. The number of thiol groups is 1. The van der Waals surface area contributed by atoms with Gasteiger partial charge in [0, 0.05) is 10.2 Å². The van der Waals surface area contributed by atoms with Crippen LogP contribution in [0.5, 0.6) is 0 Å². The van der Waals surface area contributed by atoms with Crippen molar-refractivity contribution in [2.75, 3.05) is 13.2 Å². The highest BCUT2D eigenvalue weighted by Gasteiger charge is 2.44. The average molecular weight is 336 g/mol. The molecule has 0 aromatic heterocycles. The summed E-state index contributed by atoms with van der Waals surface area (Å²) in [6.45, 7) is 17.2. The number of rotatable bonds is 8. The number of ether oxygens (including phenoxy) is 1. The van der Waals surface area contributed by atoms with Gasteiger partial charge in [0.25, 0.3) is 0 Å². The maximum absolute atomic E-state index is 12.5. The minimum absolute atomic E-state index is 0.0467. The van der Waals surface area contributed by atoms with E-state index in [4.69, 9.17) is 10.5 Å². The summed E-state index contributed by atoms with van der Waals surface area (Å²) in [4.78, 5) is 12.5. The number of hydrogen-bond acceptors (Lipinski definition) is 5. The van der Waals surface area contributed by atoms with E-state index >= 15 is 0 Å². The van der Waals surface area contributed by atoms with E-state index in [1.54, 1.807) is 0 Å². The lowest BCUT2D eigenvalue weighted by molar-refractivity contribution is -0.164. The lowest BCUT2D eigenvalue weighted by Gasteiger charge is -2.39. The molecule has 0 aromatic carbocycles. The van der Waals surface area contributed by atoms with Crippen LogP contribution in [0.2, 0.25) is 0 Å². The van der Waals surface area contributed by atoms with Crippen molar-refractivity contribution in [3.05, 3.63) is 0 Å².